The highest BCUT2D eigenvalue weighted by Crippen LogP contribution is 2.15. The monoisotopic (exact) mass is 260 g/mol. The summed E-state index contributed by atoms with van der Waals surface area (Å²) in [4.78, 5) is 16.8. The average molecular weight is 260 g/mol. The van der Waals surface area contributed by atoms with Crippen LogP contribution in [0, 0.1) is 5.82 Å². The van der Waals surface area contributed by atoms with Crippen LogP contribution in [0.5, 0.6) is 0 Å². The minimum absolute atomic E-state index is 0.177. The Balaban J connectivity index is 2.18. The molecule has 0 aliphatic heterocycles. The van der Waals surface area contributed by atoms with Gasteiger partial charge in [-0.05, 0) is 29.8 Å². The molecule has 0 saturated carbocycles. The van der Waals surface area contributed by atoms with E-state index in [1.807, 2.05) is 0 Å². The van der Waals surface area contributed by atoms with Crippen LogP contribution < -0.4 is 4.90 Å². The highest BCUT2D eigenvalue weighted by Gasteiger charge is 2.08. The first kappa shape index (κ1) is 13.0. The first-order chi connectivity index (χ1) is 9.06. The van der Waals surface area contributed by atoms with Crippen molar-refractivity contribution in [1.82, 2.24) is 4.98 Å². The van der Waals surface area contributed by atoms with Crippen LogP contribution in [0.15, 0.2) is 42.6 Å². The van der Waals surface area contributed by atoms with Crippen LogP contribution in [0.1, 0.15) is 15.9 Å². The number of rotatable bonds is 4. The van der Waals surface area contributed by atoms with Crippen LogP contribution in [-0.4, -0.2) is 23.1 Å². The normalized spacial score (nSPS) is 10.2. The van der Waals surface area contributed by atoms with Gasteiger partial charge in [-0.25, -0.2) is 14.2 Å². The number of nitrogens with zero attached hydrogens (tertiary/aromatic N) is 2. The molecule has 5 heteroatoms. The first-order valence-corrected chi connectivity index (χ1v) is 5.71. The summed E-state index contributed by atoms with van der Waals surface area (Å²) in [5, 5.41) is 8.92. The van der Waals surface area contributed by atoms with Crippen LogP contribution in [-0.2, 0) is 6.54 Å². The second kappa shape index (κ2) is 5.48. The van der Waals surface area contributed by atoms with Crippen molar-refractivity contribution < 1.29 is 14.3 Å². The summed E-state index contributed by atoms with van der Waals surface area (Å²) in [5.74, 6) is -0.759. The van der Waals surface area contributed by atoms with Crippen molar-refractivity contribution >= 4 is 11.8 Å². The van der Waals surface area contributed by atoms with Crippen molar-refractivity contribution in [2.24, 2.45) is 0 Å². The smallest absolute Gasteiger partial charge is 0.335 e. The Hall–Kier alpha value is -2.43. The maximum Gasteiger partial charge on any atom is 0.335 e. The van der Waals surface area contributed by atoms with Gasteiger partial charge >= 0.3 is 5.97 Å². The van der Waals surface area contributed by atoms with Gasteiger partial charge in [-0.1, -0.05) is 12.1 Å². The van der Waals surface area contributed by atoms with E-state index in [2.05, 4.69) is 4.98 Å². The number of hydrogen-bond donors (Lipinski definition) is 1. The number of carboxylic acids is 1. The molecule has 2 aromatic rings. The lowest BCUT2D eigenvalue weighted by atomic mass is 10.2. The molecular weight excluding hydrogens is 247 g/mol. The van der Waals surface area contributed by atoms with E-state index in [9.17, 15) is 9.18 Å². The number of carbonyl (C=O) groups is 1. The quantitative estimate of drug-likeness (QED) is 0.917. The van der Waals surface area contributed by atoms with Gasteiger partial charge in [0.1, 0.15) is 11.6 Å². The number of carboxylic acid groups (broad SMARTS) is 1. The summed E-state index contributed by atoms with van der Waals surface area (Å²) in [6, 6.07) is 9.19. The maximum atomic E-state index is 13.1. The molecule has 0 fully saturated rings. The Bertz CT molecular complexity index is 602. The lowest BCUT2D eigenvalue weighted by molar-refractivity contribution is 0.0697. The molecule has 0 radical (unpaired) electrons. The average Bonchev–Trinajstić information content (AvgIpc) is 2.39. The van der Waals surface area contributed by atoms with Crippen LogP contribution in [0.4, 0.5) is 10.2 Å². The van der Waals surface area contributed by atoms with Crippen molar-refractivity contribution in [3.8, 4) is 0 Å². The fourth-order valence-corrected chi connectivity index (χ4v) is 1.75. The van der Waals surface area contributed by atoms with Gasteiger partial charge < -0.3 is 10.0 Å². The molecule has 0 aliphatic carbocycles. The van der Waals surface area contributed by atoms with E-state index in [0.717, 1.165) is 5.56 Å². The summed E-state index contributed by atoms with van der Waals surface area (Å²) >= 11 is 0. The van der Waals surface area contributed by atoms with E-state index < -0.39 is 5.97 Å². The van der Waals surface area contributed by atoms with Crippen molar-refractivity contribution in [1.29, 1.82) is 0 Å². The molecule has 0 aliphatic rings. The third kappa shape index (κ3) is 3.28. The highest BCUT2D eigenvalue weighted by molar-refractivity contribution is 5.88. The van der Waals surface area contributed by atoms with Gasteiger partial charge in [0, 0.05) is 19.8 Å². The number of aromatic nitrogens is 1. The minimum atomic E-state index is -0.997. The molecule has 19 heavy (non-hydrogen) atoms. The molecule has 1 N–H and O–H groups in total. The van der Waals surface area contributed by atoms with Gasteiger partial charge in [-0.2, -0.15) is 0 Å². The van der Waals surface area contributed by atoms with Gasteiger partial charge in [0.05, 0.1) is 5.56 Å². The second-order valence-electron chi connectivity index (χ2n) is 4.19. The minimum Gasteiger partial charge on any atom is -0.478 e. The van der Waals surface area contributed by atoms with E-state index >= 15 is 0 Å². The first-order valence-electron chi connectivity index (χ1n) is 5.71. The Morgan fingerprint density at radius 1 is 1.37 bits per heavy atom. The van der Waals surface area contributed by atoms with Crippen LogP contribution >= 0.6 is 0 Å². The predicted molar refractivity (Wildman–Crippen MR) is 69.7 cm³/mol. The van der Waals surface area contributed by atoms with Crippen LogP contribution in [0.2, 0.25) is 0 Å². The van der Waals surface area contributed by atoms with Crippen molar-refractivity contribution in [3.63, 3.8) is 0 Å². The largest absolute Gasteiger partial charge is 0.478 e. The van der Waals surface area contributed by atoms with E-state index in [-0.39, 0.29) is 11.4 Å². The van der Waals surface area contributed by atoms with Gasteiger partial charge in [0.2, 0.25) is 0 Å². The van der Waals surface area contributed by atoms with Crippen molar-refractivity contribution in [3.05, 3.63) is 59.5 Å². The fraction of sp³-hybridized carbons (Fsp3) is 0.143. The molecule has 0 bridgehead atoms. The molecule has 1 aromatic carbocycles. The third-order valence-electron chi connectivity index (χ3n) is 2.69. The lowest BCUT2D eigenvalue weighted by Crippen LogP contribution is -2.18. The molecule has 1 heterocycles. The molecule has 0 unspecified atom stereocenters. The number of pyridine rings is 1. The number of aromatic carboxylic acids is 1. The summed E-state index contributed by atoms with van der Waals surface area (Å²) < 4.78 is 13.1. The second-order valence-corrected chi connectivity index (χ2v) is 4.19. The highest BCUT2D eigenvalue weighted by atomic mass is 19.1. The molecule has 4 nitrogen and oxygen atoms in total. The Labute approximate surface area is 110 Å². The number of halogens is 1. The molecule has 0 saturated heterocycles. The van der Waals surface area contributed by atoms with Crippen molar-refractivity contribution in [2.75, 3.05) is 11.9 Å². The molecule has 0 spiro atoms. The number of benzene rings is 1. The molecule has 2 rings (SSSR count). The van der Waals surface area contributed by atoms with Gasteiger partial charge in [0.15, 0.2) is 0 Å². The molecule has 98 valence electrons. The topological polar surface area (TPSA) is 53.4 Å². The van der Waals surface area contributed by atoms with E-state index in [1.165, 1.54) is 30.5 Å². The molecule has 0 atom stereocenters. The Morgan fingerprint density at radius 3 is 2.84 bits per heavy atom. The van der Waals surface area contributed by atoms with E-state index in [4.69, 9.17) is 5.11 Å². The summed E-state index contributed by atoms with van der Waals surface area (Å²) in [5.41, 5.74) is 0.973. The number of anilines is 1. The SMILES string of the molecule is CN(Cc1cccc(F)c1)c1cc(C(=O)O)ccn1. The zero-order chi connectivity index (χ0) is 13.8. The van der Waals surface area contributed by atoms with Crippen molar-refractivity contribution in [2.45, 2.75) is 6.54 Å². The molecule has 0 amide bonds. The summed E-state index contributed by atoms with van der Waals surface area (Å²) in [6.07, 6.45) is 1.45. The molecule has 1 aromatic heterocycles. The van der Waals surface area contributed by atoms with Crippen LogP contribution in [0.3, 0.4) is 0 Å². The Kier molecular flexibility index (Phi) is 3.75. The van der Waals surface area contributed by atoms with Gasteiger partial charge in [-0.3, -0.25) is 0 Å². The third-order valence-corrected chi connectivity index (χ3v) is 2.69. The summed E-state index contributed by atoms with van der Waals surface area (Å²) in [6.45, 7) is 0.452. The zero-order valence-electron chi connectivity index (χ0n) is 10.4. The zero-order valence-corrected chi connectivity index (χ0v) is 10.4. The van der Waals surface area contributed by atoms with E-state index in [1.54, 1.807) is 24.1 Å². The standard InChI is InChI=1S/C14H13FN2O2/c1-17(9-10-3-2-4-12(15)7-10)13-8-11(14(18)19)5-6-16-13/h2-8H,9H2,1H3,(H,18,19). The number of hydrogen-bond acceptors (Lipinski definition) is 3. The van der Waals surface area contributed by atoms with Crippen LogP contribution in [0.25, 0.3) is 0 Å². The van der Waals surface area contributed by atoms with E-state index in [0.29, 0.717) is 12.4 Å². The summed E-state index contributed by atoms with van der Waals surface area (Å²) in [7, 11) is 1.78. The van der Waals surface area contributed by atoms with Gasteiger partial charge in [0.25, 0.3) is 0 Å². The fourth-order valence-electron chi connectivity index (χ4n) is 1.75. The maximum absolute atomic E-state index is 13.1. The predicted octanol–water partition coefficient (Wildman–Crippen LogP) is 2.56. The van der Waals surface area contributed by atoms with Gasteiger partial charge in [-0.15, -0.1) is 0 Å². The Morgan fingerprint density at radius 2 is 2.16 bits per heavy atom. The molecular formula is C14H13FN2O2. The lowest BCUT2D eigenvalue weighted by Gasteiger charge is -2.18.